The van der Waals surface area contributed by atoms with Crippen LogP contribution in [0.1, 0.15) is 52.9 Å². The maximum Gasteiger partial charge on any atom is 0.271 e. The summed E-state index contributed by atoms with van der Waals surface area (Å²) < 4.78 is 4.33. The molecule has 0 aliphatic carbocycles. The van der Waals surface area contributed by atoms with Crippen LogP contribution >= 0.6 is 0 Å². The quantitative estimate of drug-likeness (QED) is 0.525. The van der Waals surface area contributed by atoms with Crippen LogP contribution in [0, 0.1) is 20.8 Å². The number of aryl methyl sites for hydroxylation is 3. The zero-order valence-electron chi connectivity index (χ0n) is 16.5. The predicted molar refractivity (Wildman–Crippen MR) is 110 cm³/mol. The number of carbonyl (C=O) groups excluding carboxylic acids is 1. The van der Waals surface area contributed by atoms with Crippen LogP contribution in [0.4, 0.5) is 0 Å². The molecular weight excluding hydrogens is 336 g/mol. The van der Waals surface area contributed by atoms with Crippen LogP contribution < -0.4 is 5.43 Å². The highest BCUT2D eigenvalue weighted by atomic mass is 16.2. The van der Waals surface area contributed by atoms with Crippen molar-refractivity contribution in [1.29, 1.82) is 0 Å². The molecule has 0 fully saturated rings. The number of nitrogens with one attached hydrogen (secondary N) is 1. The number of amides is 1. The Bertz CT molecular complexity index is 955. The Morgan fingerprint density at radius 3 is 2.19 bits per heavy atom. The Hall–Kier alpha value is -3.08. The van der Waals surface area contributed by atoms with E-state index in [4.69, 9.17) is 0 Å². The highest BCUT2D eigenvalue weighted by Gasteiger charge is 2.08. The summed E-state index contributed by atoms with van der Waals surface area (Å²) in [7, 11) is 0. The molecule has 0 saturated carbocycles. The van der Waals surface area contributed by atoms with Crippen LogP contribution in [0.25, 0.3) is 5.69 Å². The third kappa shape index (κ3) is 4.03. The molecule has 27 heavy (non-hydrogen) atoms. The van der Waals surface area contributed by atoms with Crippen molar-refractivity contribution in [1.82, 2.24) is 14.6 Å². The van der Waals surface area contributed by atoms with Gasteiger partial charge in [-0.25, -0.2) is 5.43 Å². The van der Waals surface area contributed by atoms with Crippen molar-refractivity contribution in [2.45, 2.75) is 40.7 Å². The third-order valence-corrected chi connectivity index (χ3v) is 4.67. The van der Waals surface area contributed by atoms with Gasteiger partial charge in [-0.1, -0.05) is 0 Å². The lowest BCUT2D eigenvalue weighted by molar-refractivity contribution is 0.0955. The lowest BCUT2D eigenvalue weighted by Gasteiger charge is -2.10. The minimum Gasteiger partial charge on any atom is -0.349 e. The van der Waals surface area contributed by atoms with Crippen molar-refractivity contribution in [3.8, 4) is 5.69 Å². The van der Waals surface area contributed by atoms with Crippen molar-refractivity contribution in [2.75, 3.05) is 0 Å². The van der Waals surface area contributed by atoms with Crippen molar-refractivity contribution >= 4 is 12.1 Å². The largest absolute Gasteiger partial charge is 0.349 e. The zero-order chi connectivity index (χ0) is 19.6. The number of hydrazone groups is 1. The molecule has 0 aliphatic heterocycles. The van der Waals surface area contributed by atoms with Gasteiger partial charge in [0.1, 0.15) is 0 Å². The van der Waals surface area contributed by atoms with Gasteiger partial charge < -0.3 is 9.13 Å². The van der Waals surface area contributed by atoms with Crippen molar-refractivity contribution in [2.24, 2.45) is 5.10 Å². The molecule has 0 spiro atoms. The van der Waals surface area contributed by atoms with Crippen molar-refractivity contribution < 1.29 is 4.79 Å². The van der Waals surface area contributed by atoms with Crippen molar-refractivity contribution in [3.63, 3.8) is 0 Å². The molecule has 5 heteroatoms. The molecule has 5 nitrogen and oxygen atoms in total. The standard InChI is InChI=1S/C22H26N4O/c1-15(2)25-14-19(12-18(25)5)13-23-24-22(27)20-8-10-21(11-9-20)26-16(3)6-7-17(26)4/h6-15H,1-5H3,(H,24,27)/b23-13-. The fraction of sp³-hybridized carbons (Fsp3) is 0.273. The van der Waals surface area contributed by atoms with E-state index in [1.54, 1.807) is 6.21 Å². The molecule has 0 saturated heterocycles. The summed E-state index contributed by atoms with van der Waals surface area (Å²) in [6.07, 6.45) is 3.71. The number of rotatable bonds is 5. The first-order chi connectivity index (χ1) is 12.9. The maximum atomic E-state index is 12.3. The van der Waals surface area contributed by atoms with Crippen LogP contribution in [-0.4, -0.2) is 21.3 Å². The van der Waals surface area contributed by atoms with Crippen LogP contribution in [0.3, 0.4) is 0 Å². The van der Waals surface area contributed by atoms with Gasteiger partial charge >= 0.3 is 0 Å². The van der Waals surface area contributed by atoms with E-state index >= 15 is 0 Å². The molecule has 1 amide bonds. The van der Waals surface area contributed by atoms with Gasteiger partial charge in [0.05, 0.1) is 6.21 Å². The molecule has 0 aliphatic rings. The lowest BCUT2D eigenvalue weighted by Crippen LogP contribution is -2.17. The van der Waals surface area contributed by atoms with E-state index < -0.39 is 0 Å². The van der Waals surface area contributed by atoms with Crippen LogP contribution in [0.15, 0.2) is 53.8 Å². The van der Waals surface area contributed by atoms with E-state index in [-0.39, 0.29) is 5.91 Å². The molecule has 3 rings (SSSR count). The van der Waals surface area contributed by atoms with Gasteiger partial charge in [0.15, 0.2) is 0 Å². The zero-order valence-corrected chi connectivity index (χ0v) is 16.5. The average molecular weight is 362 g/mol. The van der Waals surface area contributed by atoms with E-state index in [0.29, 0.717) is 11.6 Å². The van der Waals surface area contributed by atoms with E-state index in [1.165, 1.54) is 5.69 Å². The molecule has 0 unspecified atom stereocenters. The molecule has 140 valence electrons. The second-order valence-electron chi connectivity index (χ2n) is 7.11. The molecule has 1 N–H and O–H groups in total. The first-order valence-corrected chi connectivity index (χ1v) is 9.14. The first kappa shape index (κ1) is 18.7. The Balaban J connectivity index is 1.67. The Labute approximate surface area is 160 Å². The van der Waals surface area contributed by atoms with E-state index in [2.05, 4.69) is 66.4 Å². The van der Waals surface area contributed by atoms with Gasteiger partial charge in [0.25, 0.3) is 5.91 Å². The van der Waals surface area contributed by atoms with E-state index in [0.717, 1.165) is 22.6 Å². The third-order valence-electron chi connectivity index (χ3n) is 4.67. The summed E-state index contributed by atoms with van der Waals surface area (Å²) in [5, 5.41) is 4.09. The van der Waals surface area contributed by atoms with Crippen LogP contribution in [0.5, 0.6) is 0 Å². The summed E-state index contributed by atoms with van der Waals surface area (Å²) in [6, 6.07) is 14.1. The second-order valence-corrected chi connectivity index (χ2v) is 7.11. The Morgan fingerprint density at radius 1 is 1.00 bits per heavy atom. The minimum absolute atomic E-state index is 0.223. The SMILES string of the molecule is Cc1cc(/C=N\NC(=O)c2ccc(-n3c(C)ccc3C)cc2)cn1C(C)C. The highest BCUT2D eigenvalue weighted by molar-refractivity contribution is 5.95. The summed E-state index contributed by atoms with van der Waals surface area (Å²) in [5.74, 6) is -0.223. The molecule has 0 radical (unpaired) electrons. The summed E-state index contributed by atoms with van der Waals surface area (Å²) in [5.41, 5.74) is 8.68. The smallest absolute Gasteiger partial charge is 0.271 e. The fourth-order valence-corrected chi connectivity index (χ4v) is 3.31. The summed E-state index contributed by atoms with van der Waals surface area (Å²) >= 11 is 0. The number of hydrogen-bond donors (Lipinski definition) is 1. The molecular formula is C22H26N4O. The number of hydrogen-bond acceptors (Lipinski definition) is 2. The van der Waals surface area contributed by atoms with E-state index in [9.17, 15) is 4.79 Å². The van der Waals surface area contributed by atoms with Crippen LogP contribution in [-0.2, 0) is 0 Å². The highest BCUT2D eigenvalue weighted by Crippen LogP contribution is 2.17. The first-order valence-electron chi connectivity index (χ1n) is 9.14. The molecule has 1 aromatic carbocycles. The van der Waals surface area contributed by atoms with Crippen molar-refractivity contribution in [3.05, 3.63) is 76.9 Å². The second kappa shape index (κ2) is 7.66. The van der Waals surface area contributed by atoms with Gasteiger partial charge in [0, 0.05) is 46.1 Å². The number of benzene rings is 1. The fourth-order valence-electron chi connectivity index (χ4n) is 3.31. The number of carbonyl (C=O) groups is 1. The molecule has 0 bridgehead atoms. The Kier molecular flexibility index (Phi) is 5.31. The van der Waals surface area contributed by atoms with Gasteiger partial charge in [0.2, 0.25) is 0 Å². The maximum absolute atomic E-state index is 12.3. The van der Waals surface area contributed by atoms with Gasteiger partial charge in [-0.15, -0.1) is 0 Å². The molecule has 2 heterocycles. The van der Waals surface area contributed by atoms with Gasteiger partial charge in [-0.3, -0.25) is 4.79 Å². The Morgan fingerprint density at radius 2 is 1.63 bits per heavy atom. The van der Waals surface area contributed by atoms with Gasteiger partial charge in [-0.05, 0) is 77.1 Å². The average Bonchev–Trinajstić information content (AvgIpc) is 3.17. The van der Waals surface area contributed by atoms with E-state index in [1.807, 2.05) is 36.5 Å². The predicted octanol–water partition coefficient (Wildman–Crippen LogP) is 4.55. The number of aromatic nitrogens is 2. The summed E-state index contributed by atoms with van der Waals surface area (Å²) in [4.78, 5) is 12.3. The molecule has 0 atom stereocenters. The van der Waals surface area contributed by atoms with Crippen LogP contribution in [0.2, 0.25) is 0 Å². The van der Waals surface area contributed by atoms with Gasteiger partial charge in [-0.2, -0.15) is 5.10 Å². The minimum atomic E-state index is -0.223. The topological polar surface area (TPSA) is 51.3 Å². The normalized spacial score (nSPS) is 11.5. The lowest BCUT2D eigenvalue weighted by atomic mass is 10.2. The monoisotopic (exact) mass is 362 g/mol. The summed E-state index contributed by atoms with van der Waals surface area (Å²) in [6.45, 7) is 10.5. The molecule has 2 aromatic heterocycles. The number of nitrogens with zero attached hydrogens (tertiary/aromatic N) is 3. The molecule has 3 aromatic rings.